The van der Waals surface area contributed by atoms with Gasteiger partial charge in [-0.1, -0.05) is 25.5 Å². The summed E-state index contributed by atoms with van der Waals surface area (Å²) in [6.45, 7) is 4.59. The Hall–Kier alpha value is -0.850. The van der Waals surface area contributed by atoms with Crippen molar-refractivity contribution in [1.82, 2.24) is 0 Å². The van der Waals surface area contributed by atoms with E-state index in [2.05, 4.69) is 19.9 Å². The number of carbonyl (C=O) groups excluding carboxylic acids is 1. The van der Waals surface area contributed by atoms with Gasteiger partial charge in [-0.15, -0.1) is 0 Å². The van der Waals surface area contributed by atoms with Crippen LogP contribution in [0.3, 0.4) is 0 Å². The molecule has 2 aliphatic carbocycles. The number of ketones is 1. The maximum Gasteiger partial charge on any atom is 0.156 e. The second-order valence-electron chi connectivity index (χ2n) is 5.05. The Bertz CT molecular complexity index is 318. The van der Waals surface area contributed by atoms with Crippen molar-refractivity contribution in [2.75, 3.05) is 0 Å². The summed E-state index contributed by atoms with van der Waals surface area (Å²) in [5, 5.41) is 0. The van der Waals surface area contributed by atoms with Crippen molar-refractivity contribution in [3.8, 4) is 0 Å². The van der Waals surface area contributed by atoms with Crippen LogP contribution < -0.4 is 0 Å². The molecule has 0 saturated heterocycles. The average Bonchev–Trinajstić information content (AvgIpc) is 2.29. The van der Waals surface area contributed by atoms with Crippen molar-refractivity contribution in [3.05, 3.63) is 23.3 Å². The van der Waals surface area contributed by atoms with E-state index in [0.29, 0.717) is 6.42 Å². The minimum Gasteiger partial charge on any atom is -0.295 e. The molecular formula is C13H18O. The van der Waals surface area contributed by atoms with E-state index in [1.807, 2.05) is 0 Å². The Labute approximate surface area is 85.9 Å². The third-order valence-electron chi connectivity index (χ3n) is 3.50. The topological polar surface area (TPSA) is 17.1 Å². The first-order chi connectivity index (χ1) is 6.59. The first-order valence-corrected chi connectivity index (χ1v) is 5.53. The fourth-order valence-electron chi connectivity index (χ4n) is 2.63. The van der Waals surface area contributed by atoms with E-state index >= 15 is 0 Å². The Balaban J connectivity index is 2.38. The van der Waals surface area contributed by atoms with Crippen LogP contribution in [0, 0.1) is 5.41 Å². The van der Waals surface area contributed by atoms with E-state index in [0.717, 1.165) is 6.42 Å². The van der Waals surface area contributed by atoms with Gasteiger partial charge in [-0.25, -0.2) is 0 Å². The van der Waals surface area contributed by atoms with Gasteiger partial charge in [-0.3, -0.25) is 4.79 Å². The number of allylic oxidation sites excluding steroid dienone is 4. The van der Waals surface area contributed by atoms with Gasteiger partial charge in [-0.2, -0.15) is 0 Å². The predicted octanol–water partition coefficient (Wildman–Crippen LogP) is 3.41. The maximum atomic E-state index is 11.3. The summed E-state index contributed by atoms with van der Waals surface area (Å²) in [5.41, 5.74) is 3.26. The highest BCUT2D eigenvalue weighted by Crippen LogP contribution is 2.43. The molecule has 0 amide bonds. The molecule has 0 aromatic rings. The summed E-state index contributed by atoms with van der Waals surface area (Å²) in [6, 6.07) is 0. The van der Waals surface area contributed by atoms with Crippen molar-refractivity contribution in [3.63, 3.8) is 0 Å². The van der Waals surface area contributed by atoms with Crippen LogP contribution in [0.4, 0.5) is 0 Å². The summed E-state index contributed by atoms with van der Waals surface area (Å²) in [5.74, 6) is 0.287. The summed E-state index contributed by atoms with van der Waals surface area (Å²) >= 11 is 0. The lowest BCUT2D eigenvalue weighted by atomic mass is 9.72. The largest absolute Gasteiger partial charge is 0.295 e. The normalized spacial score (nSPS) is 26.0. The van der Waals surface area contributed by atoms with Crippen LogP contribution in [0.2, 0.25) is 0 Å². The lowest BCUT2D eigenvalue weighted by Crippen LogP contribution is -2.19. The second kappa shape index (κ2) is 3.38. The van der Waals surface area contributed by atoms with Gasteiger partial charge in [0.1, 0.15) is 0 Å². The third kappa shape index (κ3) is 1.68. The van der Waals surface area contributed by atoms with Crippen molar-refractivity contribution >= 4 is 5.78 Å². The molecule has 0 heterocycles. The second-order valence-corrected chi connectivity index (χ2v) is 5.05. The molecule has 0 fully saturated rings. The fourth-order valence-corrected chi connectivity index (χ4v) is 2.63. The monoisotopic (exact) mass is 190 g/mol. The molecule has 0 bridgehead atoms. The molecule has 14 heavy (non-hydrogen) atoms. The molecule has 1 heteroatoms. The van der Waals surface area contributed by atoms with Crippen LogP contribution in [-0.4, -0.2) is 5.78 Å². The molecule has 2 rings (SSSR count). The molecule has 76 valence electrons. The van der Waals surface area contributed by atoms with E-state index in [4.69, 9.17) is 0 Å². The number of hydrogen-bond donors (Lipinski definition) is 0. The zero-order chi connectivity index (χ0) is 10.2. The van der Waals surface area contributed by atoms with Crippen LogP contribution in [0.15, 0.2) is 23.3 Å². The first-order valence-electron chi connectivity index (χ1n) is 5.53. The highest BCUT2D eigenvalue weighted by atomic mass is 16.1. The van der Waals surface area contributed by atoms with Crippen molar-refractivity contribution in [2.45, 2.75) is 46.0 Å². The van der Waals surface area contributed by atoms with Gasteiger partial charge in [0, 0.05) is 6.42 Å². The minimum atomic E-state index is 0.286. The number of carbonyl (C=O) groups is 1. The lowest BCUT2D eigenvalue weighted by Gasteiger charge is -2.33. The molecule has 0 N–H and O–H groups in total. The molecule has 0 saturated carbocycles. The Morgan fingerprint density at radius 1 is 1.14 bits per heavy atom. The zero-order valence-corrected chi connectivity index (χ0v) is 9.10. The van der Waals surface area contributed by atoms with E-state index in [1.54, 1.807) is 6.08 Å². The first kappa shape index (κ1) is 9.70. The van der Waals surface area contributed by atoms with Crippen LogP contribution in [0.25, 0.3) is 0 Å². The van der Waals surface area contributed by atoms with Crippen LogP contribution in [-0.2, 0) is 4.79 Å². The van der Waals surface area contributed by atoms with Gasteiger partial charge < -0.3 is 0 Å². The highest BCUT2D eigenvalue weighted by molar-refractivity contribution is 5.90. The summed E-state index contributed by atoms with van der Waals surface area (Å²) in [6.07, 6.45) is 9.30. The highest BCUT2D eigenvalue weighted by Gasteiger charge is 2.29. The van der Waals surface area contributed by atoms with E-state index < -0.39 is 0 Å². The molecule has 2 aliphatic rings. The number of rotatable bonds is 0. The molecular weight excluding hydrogens is 172 g/mol. The summed E-state index contributed by atoms with van der Waals surface area (Å²) in [7, 11) is 0. The number of hydrogen-bond acceptors (Lipinski definition) is 1. The van der Waals surface area contributed by atoms with Crippen LogP contribution in [0.1, 0.15) is 46.0 Å². The molecule has 0 aromatic heterocycles. The SMILES string of the molecule is CC1(C)CCCC2=C1C=CC(=O)CC2. The molecule has 0 unspecified atom stereocenters. The molecule has 0 spiro atoms. The molecule has 0 radical (unpaired) electrons. The Kier molecular flexibility index (Phi) is 2.34. The standard InChI is InChI=1S/C13H18O/c1-13(2)9-3-4-10-5-6-11(14)7-8-12(10)13/h7-8H,3-6,9H2,1-2H3. The van der Waals surface area contributed by atoms with Gasteiger partial charge in [0.25, 0.3) is 0 Å². The smallest absolute Gasteiger partial charge is 0.156 e. The summed E-state index contributed by atoms with van der Waals surface area (Å²) in [4.78, 5) is 11.3. The Morgan fingerprint density at radius 3 is 2.71 bits per heavy atom. The summed E-state index contributed by atoms with van der Waals surface area (Å²) < 4.78 is 0. The minimum absolute atomic E-state index is 0.286. The van der Waals surface area contributed by atoms with Crippen LogP contribution in [0.5, 0.6) is 0 Å². The van der Waals surface area contributed by atoms with Gasteiger partial charge in [0.15, 0.2) is 5.78 Å². The molecule has 0 atom stereocenters. The van der Waals surface area contributed by atoms with Gasteiger partial charge >= 0.3 is 0 Å². The average molecular weight is 190 g/mol. The zero-order valence-electron chi connectivity index (χ0n) is 9.10. The van der Waals surface area contributed by atoms with E-state index in [1.165, 1.54) is 30.4 Å². The molecule has 1 nitrogen and oxygen atoms in total. The van der Waals surface area contributed by atoms with Gasteiger partial charge in [-0.05, 0) is 42.7 Å². The molecule has 0 aliphatic heterocycles. The van der Waals surface area contributed by atoms with Crippen molar-refractivity contribution in [1.29, 1.82) is 0 Å². The van der Waals surface area contributed by atoms with Gasteiger partial charge in [0.05, 0.1) is 0 Å². The van der Waals surface area contributed by atoms with Gasteiger partial charge in [0.2, 0.25) is 0 Å². The fraction of sp³-hybridized carbons (Fsp3) is 0.615. The van der Waals surface area contributed by atoms with E-state index in [-0.39, 0.29) is 11.2 Å². The predicted molar refractivity (Wildman–Crippen MR) is 58.0 cm³/mol. The van der Waals surface area contributed by atoms with Crippen LogP contribution >= 0.6 is 0 Å². The van der Waals surface area contributed by atoms with Crippen molar-refractivity contribution in [2.24, 2.45) is 5.41 Å². The lowest BCUT2D eigenvalue weighted by molar-refractivity contribution is -0.114. The third-order valence-corrected chi connectivity index (χ3v) is 3.50. The Morgan fingerprint density at radius 2 is 1.93 bits per heavy atom. The maximum absolute atomic E-state index is 11.3. The quantitative estimate of drug-likeness (QED) is 0.572. The van der Waals surface area contributed by atoms with Crippen molar-refractivity contribution < 1.29 is 4.79 Å². The van der Waals surface area contributed by atoms with E-state index in [9.17, 15) is 4.79 Å². The molecule has 0 aromatic carbocycles.